The molecule has 2 aliphatic rings. The zero-order valence-corrected chi connectivity index (χ0v) is 13.8. The number of amides is 1. The van der Waals surface area contributed by atoms with Crippen molar-refractivity contribution in [2.24, 2.45) is 18.9 Å². The molecule has 0 radical (unpaired) electrons. The molecule has 5 nitrogen and oxygen atoms in total. The minimum Gasteiger partial charge on any atom is -0.337 e. The SMILES string of the molecule is Cc1nn(C)c2sc(C(=O)N3C[C@H]4CNC[C@H]4C3)cc12.Cl. The highest BCUT2D eigenvalue weighted by atomic mass is 35.5. The summed E-state index contributed by atoms with van der Waals surface area (Å²) in [4.78, 5) is 16.6. The molecule has 114 valence electrons. The zero-order valence-electron chi connectivity index (χ0n) is 12.1. The number of carbonyl (C=O) groups is 1. The van der Waals surface area contributed by atoms with Gasteiger partial charge in [0, 0.05) is 38.6 Å². The molecular formula is C14H19ClN4OS. The number of likely N-dealkylation sites (tertiary alicyclic amines) is 1. The van der Waals surface area contributed by atoms with Crippen molar-refractivity contribution in [3.63, 3.8) is 0 Å². The molecule has 2 aromatic rings. The maximum Gasteiger partial charge on any atom is 0.264 e. The molecule has 4 heterocycles. The number of thiophene rings is 1. The largest absolute Gasteiger partial charge is 0.337 e. The monoisotopic (exact) mass is 326 g/mol. The predicted molar refractivity (Wildman–Crippen MR) is 86.3 cm³/mol. The third-order valence-electron chi connectivity index (χ3n) is 4.58. The Morgan fingerprint density at radius 3 is 2.67 bits per heavy atom. The minimum atomic E-state index is 0. The maximum absolute atomic E-state index is 12.7. The third kappa shape index (κ3) is 2.25. The number of aromatic nitrogens is 2. The van der Waals surface area contributed by atoms with Gasteiger partial charge in [0.25, 0.3) is 5.91 Å². The lowest BCUT2D eigenvalue weighted by molar-refractivity contribution is 0.0786. The average Bonchev–Trinajstić information content (AvgIpc) is 3.12. The maximum atomic E-state index is 12.7. The lowest BCUT2D eigenvalue weighted by atomic mass is 10.0. The Morgan fingerprint density at radius 1 is 1.38 bits per heavy atom. The summed E-state index contributed by atoms with van der Waals surface area (Å²) >= 11 is 1.56. The second kappa shape index (κ2) is 5.26. The molecule has 1 amide bonds. The lowest BCUT2D eigenvalue weighted by Crippen LogP contribution is -2.31. The Kier molecular flexibility index (Phi) is 3.71. The molecule has 2 saturated heterocycles. The first kappa shape index (κ1) is 14.8. The lowest BCUT2D eigenvalue weighted by Gasteiger charge is -2.16. The van der Waals surface area contributed by atoms with E-state index in [0.29, 0.717) is 11.8 Å². The van der Waals surface area contributed by atoms with Gasteiger partial charge in [0.2, 0.25) is 0 Å². The molecule has 0 aliphatic carbocycles. The van der Waals surface area contributed by atoms with E-state index in [1.165, 1.54) is 0 Å². The van der Waals surface area contributed by atoms with Gasteiger partial charge in [0.15, 0.2) is 0 Å². The van der Waals surface area contributed by atoms with Gasteiger partial charge in [-0.25, -0.2) is 0 Å². The summed E-state index contributed by atoms with van der Waals surface area (Å²) in [6.07, 6.45) is 0. The normalized spacial score (nSPS) is 24.4. The fraction of sp³-hybridized carbons (Fsp3) is 0.571. The standard InChI is InChI=1S/C14H18N4OS.ClH/c1-8-11-3-12(20-14(11)17(2)16-8)13(19)18-6-9-4-15-5-10(9)7-18;/h3,9-10,15H,4-7H2,1-2H3;1H/t9-,10+;. The van der Waals surface area contributed by atoms with Crippen LogP contribution in [0, 0.1) is 18.8 Å². The summed E-state index contributed by atoms with van der Waals surface area (Å²) in [5, 5.41) is 8.91. The van der Waals surface area contributed by atoms with E-state index in [1.54, 1.807) is 11.3 Å². The molecule has 21 heavy (non-hydrogen) atoms. The summed E-state index contributed by atoms with van der Waals surface area (Å²) in [6, 6.07) is 2.01. The topological polar surface area (TPSA) is 50.2 Å². The van der Waals surface area contributed by atoms with E-state index in [1.807, 2.05) is 29.6 Å². The van der Waals surface area contributed by atoms with Crippen molar-refractivity contribution in [1.82, 2.24) is 20.0 Å². The van der Waals surface area contributed by atoms with Crippen molar-refractivity contribution in [2.45, 2.75) is 6.92 Å². The van der Waals surface area contributed by atoms with Crippen LogP contribution in [0.2, 0.25) is 0 Å². The Bertz CT molecular complexity index is 648. The van der Waals surface area contributed by atoms with Crippen molar-refractivity contribution < 1.29 is 4.79 Å². The van der Waals surface area contributed by atoms with Crippen LogP contribution in [0.25, 0.3) is 10.2 Å². The van der Waals surface area contributed by atoms with Crippen LogP contribution < -0.4 is 5.32 Å². The van der Waals surface area contributed by atoms with E-state index < -0.39 is 0 Å². The van der Waals surface area contributed by atoms with Crippen LogP contribution in [-0.4, -0.2) is 46.8 Å². The molecule has 7 heteroatoms. The van der Waals surface area contributed by atoms with Crippen molar-refractivity contribution in [3.8, 4) is 0 Å². The van der Waals surface area contributed by atoms with Crippen molar-refractivity contribution in [1.29, 1.82) is 0 Å². The molecule has 1 N–H and O–H groups in total. The van der Waals surface area contributed by atoms with E-state index in [2.05, 4.69) is 10.4 Å². The molecular weight excluding hydrogens is 308 g/mol. The first-order valence-corrected chi connectivity index (χ1v) is 7.88. The van der Waals surface area contributed by atoms with E-state index in [4.69, 9.17) is 0 Å². The van der Waals surface area contributed by atoms with Crippen LogP contribution in [0.4, 0.5) is 0 Å². The zero-order chi connectivity index (χ0) is 13.9. The highest BCUT2D eigenvalue weighted by Crippen LogP contribution is 2.32. The number of carbonyl (C=O) groups excluding carboxylic acids is 1. The summed E-state index contributed by atoms with van der Waals surface area (Å²) in [7, 11) is 1.94. The number of nitrogens with one attached hydrogen (secondary N) is 1. The van der Waals surface area contributed by atoms with E-state index >= 15 is 0 Å². The van der Waals surface area contributed by atoms with Gasteiger partial charge in [-0.2, -0.15) is 5.10 Å². The smallest absolute Gasteiger partial charge is 0.264 e. The molecule has 0 unspecified atom stereocenters. The first-order chi connectivity index (χ1) is 9.63. The molecule has 2 aromatic heterocycles. The van der Waals surface area contributed by atoms with E-state index in [-0.39, 0.29) is 18.3 Å². The van der Waals surface area contributed by atoms with Gasteiger partial charge in [-0.3, -0.25) is 9.48 Å². The highest BCUT2D eigenvalue weighted by Gasteiger charge is 2.38. The first-order valence-electron chi connectivity index (χ1n) is 7.06. The third-order valence-corrected chi connectivity index (χ3v) is 5.77. The van der Waals surface area contributed by atoms with E-state index in [0.717, 1.165) is 47.0 Å². The number of nitrogens with zero attached hydrogens (tertiary/aromatic N) is 3. The molecule has 4 rings (SSSR count). The van der Waals surface area contributed by atoms with Crippen LogP contribution in [0.1, 0.15) is 15.4 Å². The quantitative estimate of drug-likeness (QED) is 0.867. The second-order valence-corrected chi connectivity index (χ2v) is 6.96. The summed E-state index contributed by atoms with van der Waals surface area (Å²) < 4.78 is 1.87. The molecule has 0 spiro atoms. The number of halogens is 1. The van der Waals surface area contributed by atoms with Crippen molar-refractivity contribution >= 4 is 39.9 Å². The highest BCUT2D eigenvalue weighted by molar-refractivity contribution is 7.20. The fourth-order valence-corrected chi connectivity index (χ4v) is 4.58. The summed E-state index contributed by atoms with van der Waals surface area (Å²) in [6.45, 7) is 5.92. The molecule has 0 aromatic carbocycles. The summed E-state index contributed by atoms with van der Waals surface area (Å²) in [5.41, 5.74) is 1.00. The van der Waals surface area contributed by atoms with Crippen molar-refractivity contribution in [3.05, 3.63) is 16.6 Å². The molecule has 0 saturated carbocycles. The fourth-order valence-electron chi connectivity index (χ4n) is 3.49. The van der Waals surface area contributed by atoms with Crippen LogP contribution in [0.15, 0.2) is 6.07 Å². The van der Waals surface area contributed by atoms with E-state index in [9.17, 15) is 4.79 Å². The molecule has 2 aliphatic heterocycles. The van der Waals surface area contributed by atoms with Crippen LogP contribution in [0.3, 0.4) is 0 Å². The number of aryl methyl sites for hydroxylation is 2. The number of fused-ring (bicyclic) bond motifs is 2. The number of rotatable bonds is 1. The number of hydrogen-bond donors (Lipinski definition) is 1. The van der Waals surface area contributed by atoms with Crippen molar-refractivity contribution in [2.75, 3.05) is 26.2 Å². The van der Waals surface area contributed by atoms with Gasteiger partial charge in [0.1, 0.15) is 4.83 Å². The van der Waals surface area contributed by atoms with Gasteiger partial charge in [-0.15, -0.1) is 23.7 Å². The van der Waals surface area contributed by atoms with Gasteiger partial charge in [-0.05, 0) is 24.8 Å². The predicted octanol–water partition coefficient (Wildman–Crippen LogP) is 1.66. The molecule has 2 atom stereocenters. The number of hydrogen-bond acceptors (Lipinski definition) is 4. The Hall–Kier alpha value is -1.11. The second-order valence-electron chi connectivity index (χ2n) is 5.93. The Labute approximate surface area is 133 Å². The van der Waals surface area contributed by atoms with Crippen LogP contribution >= 0.6 is 23.7 Å². The van der Waals surface area contributed by atoms with Gasteiger partial charge in [-0.1, -0.05) is 0 Å². The average molecular weight is 327 g/mol. The van der Waals surface area contributed by atoms with Crippen LogP contribution in [-0.2, 0) is 7.05 Å². The van der Waals surface area contributed by atoms with Gasteiger partial charge >= 0.3 is 0 Å². The van der Waals surface area contributed by atoms with Gasteiger partial charge < -0.3 is 10.2 Å². The summed E-state index contributed by atoms with van der Waals surface area (Å²) in [5.74, 6) is 1.49. The minimum absolute atomic E-state index is 0. The van der Waals surface area contributed by atoms with Crippen LogP contribution in [0.5, 0.6) is 0 Å². The Morgan fingerprint density at radius 2 is 2.05 bits per heavy atom. The Balaban J connectivity index is 0.00000132. The molecule has 2 fully saturated rings. The van der Waals surface area contributed by atoms with Gasteiger partial charge in [0.05, 0.1) is 10.6 Å². The molecule has 0 bridgehead atoms.